The summed E-state index contributed by atoms with van der Waals surface area (Å²) in [7, 11) is -4.23. The molecule has 1 aromatic carbocycles. The zero-order valence-corrected chi connectivity index (χ0v) is 13.1. The lowest BCUT2D eigenvalue weighted by atomic mass is 10.2. The molecule has 2 aromatic rings. The summed E-state index contributed by atoms with van der Waals surface area (Å²) in [4.78, 5) is 37.1. The van der Waals surface area contributed by atoms with Gasteiger partial charge in [0.05, 0.1) is 13.2 Å². The lowest BCUT2D eigenvalue weighted by Gasteiger charge is -2.10. The van der Waals surface area contributed by atoms with Crippen LogP contribution in [0.5, 0.6) is 0 Å². The van der Waals surface area contributed by atoms with Gasteiger partial charge in [-0.05, 0) is 0 Å². The molecule has 0 aliphatic heterocycles. The number of nitrogens with zero attached hydrogens (tertiary/aromatic N) is 3. The third-order valence-electron chi connectivity index (χ3n) is 2.68. The first-order valence-electron chi connectivity index (χ1n) is 6.29. The van der Waals surface area contributed by atoms with Crippen LogP contribution in [0.3, 0.4) is 0 Å². The van der Waals surface area contributed by atoms with E-state index in [0.717, 1.165) is 4.57 Å². The van der Waals surface area contributed by atoms with Crippen LogP contribution in [0.25, 0.3) is 11.4 Å². The van der Waals surface area contributed by atoms with Gasteiger partial charge in [-0.3, -0.25) is 9.13 Å². The minimum absolute atomic E-state index is 0. The van der Waals surface area contributed by atoms with Gasteiger partial charge in [-0.2, -0.15) is 9.97 Å². The molecular weight excluding hydrogens is 325 g/mol. The van der Waals surface area contributed by atoms with Crippen molar-refractivity contribution in [1.29, 1.82) is 0 Å². The first-order valence-corrected chi connectivity index (χ1v) is 8.09. The molecular formula is C12H18N5O5P. The quantitative estimate of drug-likeness (QED) is 0.421. The fraction of sp³-hybridized carbons (Fsp3) is 0.250. The smallest absolute Gasteiger partial charge is 0.352 e. The van der Waals surface area contributed by atoms with Gasteiger partial charge in [-0.1, -0.05) is 30.3 Å². The third-order valence-corrected chi connectivity index (χ3v) is 3.20. The number of ether oxygens (including phenoxy) is 1. The lowest BCUT2D eigenvalue weighted by molar-refractivity contribution is 0.148. The van der Waals surface area contributed by atoms with Crippen LogP contribution in [-0.4, -0.2) is 37.3 Å². The second-order valence-corrected chi connectivity index (χ2v) is 6.00. The first kappa shape index (κ1) is 18.9. The van der Waals surface area contributed by atoms with Crippen molar-refractivity contribution in [1.82, 2.24) is 20.7 Å². The van der Waals surface area contributed by atoms with Crippen LogP contribution in [0.2, 0.25) is 0 Å². The predicted octanol–water partition coefficient (Wildman–Crippen LogP) is 0.201. The Kier molecular flexibility index (Phi) is 6.55. The molecule has 0 fully saturated rings. The molecule has 0 amide bonds. The van der Waals surface area contributed by atoms with Crippen molar-refractivity contribution >= 4 is 13.5 Å². The van der Waals surface area contributed by atoms with Crippen molar-refractivity contribution < 1.29 is 19.1 Å². The fourth-order valence-electron chi connectivity index (χ4n) is 1.71. The molecule has 0 atom stereocenters. The third kappa shape index (κ3) is 5.55. The average Bonchev–Trinajstić information content (AvgIpc) is 2.45. The SMILES string of the molecule is N.Nc1nc(-c2ccccc2)nc(=O)n1CCOCP(=O)(O)O. The molecule has 2 rings (SSSR count). The Hall–Kier alpha value is -2.10. The van der Waals surface area contributed by atoms with Crippen LogP contribution >= 0.6 is 7.60 Å². The molecule has 1 heterocycles. The summed E-state index contributed by atoms with van der Waals surface area (Å²) in [6.07, 6.45) is -0.718. The van der Waals surface area contributed by atoms with E-state index in [1.807, 2.05) is 6.07 Å². The molecule has 0 aliphatic rings. The van der Waals surface area contributed by atoms with E-state index in [1.165, 1.54) is 0 Å². The summed E-state index contributed by atoms with van der Waals surface area (Å²) in [6, 6.07) is 8.91. The maximum absolute atomic E-state index is 11.9. The van der Waals surface area contributed by atoms with Crippen molar-refractivity contribution in [3.63, 3.8) is 0 Å². The first-order chi connectivity index (χ1) is 10.4. The van der Waals surface area contributed by atoms with E-state index in [2.05, 4.69) is 9.97 Å². The maximum Gasteiger partial charge on any atom is 0.352 e. The number of hydrogen-bond donors (Lipinski definition) is 4. The summed E-state index contributed by atoms with van der Waals surface area (Å²) >= 11 is 0. The predicted molar refractivity (Wildman–Crippen MR) is 84.0 cm³/mol. The van der Waals surface area contributed by atoms with Gasteiger partial charge in [-0.15, -0.1) is 0 Å². The largest absolute Gasteiger partial charge is 0.369 e. The number of benzene rings is 1. The van der Waals surface area contributed by atoms with Gasteiger partial charge >= 0.3 is 13.3 Å². The molecule has 0 saturated carbocycles. The molecule has 0 bridgehead atoms. The molecule has 10 nitrogen and oxygen atoms in total. The number of hydrogen-bond acceptors (Lipinski definition) is 7. The minimum atomic E-state index is -4.23. The van der Waals surface area contributed by atoms with Crippen LogP contribution in [-0.2, 0) is 15.8 Å². The van der Waals surface area contributed by atoms with Crippen molar-refractivity contribution in [2.45, 2.75) is 6.54 Å². The Morgan fingerprint density at radius 2 is 1.87 bits per heavy atom. The second kappa shape index (κ2) is 7.95. The maximum atomic E-state index is 11.9. The van der Waals surface area contributed by atoms with Crippen LogP contribution < -0.4 is 17.6 Å². The summed E-state index contributed by atoms with van der Waals surface area (Å²) in [6.45, 7) is -0.0942. The van der Waals surface area contributed by atoms with Crippen LogP contribution in [0.1, 0.15) is 0 Å². The van der Waals surface area contributed by atoms with Crippen LogP contribution in [0, 0.1) is 0 Å². The van der Waals surface area contributed by atoms with E-state index < -0.39 is 19.6 Å². The van der Waals surface area contributed by atoms with E-state index in [9.17, 15) is 9.36 Å². The Morgan fingerprint density at radius 3 is 2.43 bits per heavy atom. The van der Waals surface area contributed by atoms with E-state index in [-0.39, 0.29) is 31.1 Å². The number of nitrogen functional groups attached to an aromatic ring is 1. The Bertz CT molecular complexity index is 745. The van der Waals surface area contributed by atoms with Crippen molar-refractivity contribution in [3.8, 4) is 11.4 Å². The van der Waals surface area contributed by atoms with Crippen molar-refractivity contribution in [2.75, 3.05) is 18.7 Å². The zero-order valence-electron chi connectivity index (χ0n) is 12.2. The van der Waals surface area contributed by atoms with E-state index in [4.69, 9.17) is 20.3 Å². The molecule has 7 N–H and O–H groups in total. The highest BCUT2D eigenvalue weighted by Crippen LogP contribution is 2.33. The van der Waals surface area contributed by atoms with Crippen LogP contribution in [0.4, 0.5) is 5.95 Å². The molecule has 23 heavy (non-hydrogen) atoms. The molecule has 0 aliphatic carbocycles. The normalized spacial score (nSPS) is 11.0. The minimum Gasteiger partial charge on any atom is -0.369 e. The monoisotopic (exact) mass is 343 g/mol. The van der Waals surface area contributed by atoms with Crippen LogP contribution in [0.15, 0.2) is 35.1 Å². The molecule has 11 heteroatoms. The van der Waals surface area contributed by atoms with Gasteiger partial charge in [0.1, 0.15) is 6.35 Å². The molecule has 0 spiro atoms. The Morgan fingerprint density at radius 1 is 1.22 bits per heavy atom. The standard InChI is InChI=1S/C12H15N4O5P.H3N/c13-11-14-10(9-4-2-1-3-5-9)15-12(17)16(11)6-7-21-8-22(18,19)20;/h1-5H,6-8H2,(H2,18,19,20)(H2,13,14,15,17);1H3. The fourth-order valence-corrected chi connectivity index (χ4v) is 2.08. The summed E-state index contributed by atoms with van der Waals surface area (Å²) < 4.78 is 16.5. The summed E-state index contributed by atoms with van der Waals surface area (Å²) in [5.41, 5.74) is 5.79. The Labute approximate surface area is 131 Å². The second-order valence-electron chi connectivity index (χ2n) is 4.41. The topological polar surface area (TPSA) is 176 Å². The van der Waals surface area contributed by atoms with E-state index >= 15 is 0 Å². The van der Waals surface area contributed by atoms with Gasteiger partial charge in [0, 0.05) is 5.56 Å². The summed E-state index contributed by atoms with van der Waals surface area (Å²) in [5, 5.41) is 0. The number of aromatic nitrogens is 3. The molecule has 0 saturated heterocycles. The number of nitrogens with two attached hydrogens (primary N) is 1. The number of rotatable bonds is 6. The molecule has 0 unspecified atom stereocenters. The van der Waals surface area contributed by atoms with Gasteiger partial charge in [-0.25, -0.2) is 4.79 Å². The summed E-state index contributed by atoms with van der Waals surface area (Å²) in [5.74, 6) is 0.175. The van der Waals surface area contributed by atoms with Crippen molar-refractivity contribution in [3.05, 3.63) is 40.8 Å². The highest BCUT2D eigenvalue weighted by Gasteiger charge is 2.13. The molecule has 1 aromatic heterocycles. The van der Waals surface area contributed by atoms with Crippen molar-refractivity contribution in [2.24, 2.45) is 0 Å². The zero-order chi connectivity index (χ0) is 16.2. The average molecular weight is 343 g/mol. The molecule has 0 radical (unpaired) electrons. The van der Waals surface area contributed by atoms with E-state index in [1.54, 1.807) is 24.3 Å². The van der Waals surface area contributed by atoms with Gasteiger partial charge in [0.2, 0.25) is 5.95 Å². The van der Waals surface area contributed by atoms with E-state index in [0.29, 0.717) is 5.56 Å². The Balaban J connectivity index is 0.00000264. The number of anilines is 1. The lowest BCUT2D eigenvalue weighted by Crippen LogP contribution is -2.29. The van der Waals surface area contributed by atoms with Gasteiger partial charge in [0.25, 0.3) is 0 Å². The van der Waals surface area contributed by atoms with Gasteiger partial charge in [0.15, 0.2) is 5.82 Å². The highest BCUT2D eigenvalue weighted by atomic mass is 31.2. The van der Waals surface area contributed by atoms with Gasteiger partial charge < -0.3 is 26.4 Å². The molecule has 126 valence electrons. The highest BCUT2D eigenvalue weighted by molar-refractivity contribution is 7.51.